The van der Waals surface area contributed by atoms with E-state index >= 15 is 0 Å². The molecule has 1 atom stereocenters. The third kappa shape index (κ3) is 3.48. The summed E-state index contributed by atoms with van der Waals surface area (Å²) in [4.78, 5) is 13.6. The van der Waals surface area contributed by atoms with E-state index in [1.165, 1.54) is 23.2 Å². The van der Waals surface area contributed by atoms with E-state index in [0.29, 0.717) is 13.0 Å². The molecule has 0 saturated carbocycles. The molecule has 0 aliphatic heterocycles. The molecule has 1 N–H and O–H groups in total. The van der Waals surface area contributed by atoms with Crippen LogP contribution in [0.3, 0.4) is 0 Å². The normalized spacial score (nSPS) is 12.2. The minimum Gasteiger partial charge on any atom is -0.393 e. The van der Waals surface area contributed by atoms with E-state index in [1.807, 2.05) is 0 Å². The molecule has 1 aromatic heterocycles. The Morgan fingerprint density at radius 3 is 2.59 bits per heavy atom. The van der Waals surface area contributed by atoms with Crippen LogP contribution in [0.4, 0.5) is 8.78 Å². The van der Waals surface area contributed by atoms with Gasteiger partial charge in [0.25, 0.3) is 5.91 Å². The standard InChI is InChI=1S/C15H17F2N3O2/c1-10(21)6-8-19(2)15(22)13-7-9-20(18-13)14-11(16)4-3-5-12(14)17/h3-5,7,9-10,21H,6,8H2,1-2H3. The van der Waals surface area contributed by atoms with Crippen molar-refractivity contribution in [2.24, 2.45) is 0 Å². The van der Waals surface area contributed by atoms with Gasteiger partial charge in [-0.25, -0.2) is 13.5 Å². The van der Waals surface area contributed by atoms with Gasteiger partial charge < -0.3 is 10.0 Å². The van der Waals surface area contributed by atoms with E-state index in [2.05, 4.69) is 5.10 Å². The van der Waals surface area contributed by atoms with Crippen LogP contribution < -0.4 is 0 Å². The third-order valence-electron chi connectivity index (χ3n) is 3.20. The van der Waals surface area contributed by atoms with Crippen molar-refractivity contribution in [3.05, 3.63) is 47.8 Å². The van der Waals surface area contributed by atoms with Crippen molar-refractivity contribution in [1.82, 2.24) is 14.7 Å². The lowest BCUT2D eigenvalue weighted by molar-refractivity contribution is 0.0762. The number of carbonyl (C=O) groups excluding carboxylic acids is 1. The molecule has 1 aromatic carbocycles. The minimum atomic E-state index is -0.760. The van der Waals surface area contributed by atoms with Crippen LogP contribution in [-0.2, 0) is 0 Å². The smallest absolute Gasteiger partial charge is 0.274 e. The van der Waals surface area contributed by atoms with E-state index in [0.717, 1.165) is 16.8 Å². The predicted octanol–water partition coefficient (Wildman–Crippen LogP) is 1.99. The van der Waals surface area contributed by atoms with Gasteiger partial charge in [-0.05, 0) is 31.5 Å². The molecule has 0 aliphatic rings. The largest absolute Gasteiger partial charge is 0.393 e. The molecule has 0 fully saturated rings. The van der Waals surface area contributed by atoms with Crippen LogP contribution in [0, 0.1) is 11.6 Å². The summed E-state index contributed by atoms with van der Waals surface area (Å²) in [5, 5.41) is 13.2. The number of halogens is 2. The summed E-state index contributed by atoms with van der Waals surface area (Å²) in [5.41, 5.74) is -0.246. The lowest BCUT2D eigenvalue weighted by atomic mass is 10.2. The topological polar surface area (TPSA) is 58.4 Å². The van der Waals surface area contributed by atoms with Gasteiger partial charge in [-0.1, -0.05) is 6.07 Å². The van der Waals surface area contributed by atoms with E-state index in [9.17, 15) is 18.7 Å². The zero-order valence-electron chi connectivity index (χ0n) is 12.3. The van der Waals surface area contributed by atoms with Crippen LogP contribution in [0.1, 0.15) is 23.8 Å². The maximum Gasteiger partial charge on any atom is 0.274 e. The van der Waals surface area contributed by atoms with Crippen molar-refractivity contribution in [1.29, 1.82) is 0 Å². The van der Waals surface area contributed by atoms with Gasteiger partial charge in [0.05, 0.1) is 6.10 Å². The Morgan fingerprint density at radius 2 is 2.00 bits per heavy atom. The first kappa shape index (κ1) is 16.1. The van der Waals surface area contributed by atoms with E-state index in [4.69, 9.17) is 0 Å². The second kappa shape index (κ2) is 6.65. The van der Waals surface area contributed by atoms with Gasteiger partial charge in [-0.15, -0.1) is 0 Å². The summed E-state index contributed by atoms with van der Waals surface area (Å²) >= 11 is 0. The van der Waals surface area contributed by atoms with Crippen LogP contribution in [-0.4, -0.2) is 45.4 Å². The van der Waals surface area contributed by atoms with Gasteiger partial charge in [-0.2, -0.15) is 5.10 Å². The molecule has 118 valence electrons. The summed E-state index contributed by atoms with van der Waals surface area (Å²) in [6, 6.07) is 4.90. The predicted molar refractivity (Wildman–Crippen MR) is 76.7 cm³/mol. The number of aromatic nitrogens is 2. The fourth-order valence-corrected chi connectivity index (χ4v) is 1.95. The number of hydrogen-bond acceptors (Lipinski definition) is 3. The highest BCUT2D eigenvalue weighted by Crippen LogP contribution is 2.17. The van der Waals surface area contributed by atoms with Gasteiger partial charge in [-0.3, -0.25) is 4.79 Å². The molecule has 2 rings (SSSR count). The molecule has 5 nitrogen and oxygen atoms in total. The Bertz CT molecular complexity index is 650. The zero-order valence-corrected chi connectivity index (χ0v) is 12.3. The lowest BCUT2D eigenvalue weighted by Gasteiger charge is -2.16. The van der Waals surface area contributed by atoms with Crippen molar-refractivity contribution in [2.45, 2.75) is 19.4 Å². The average Bonchev–Trinajstić information content (AvgIpc) is 2.93. The molecule has 0 spiro atoms. The monoisotopic (exact) mass is 309 g/mol. The summed E-state index contributed by atoms with van der Waals surface area (Å²) in [5.74, 6) is -1.90. The summed E-state index contributed by atoms with van der Waals surface area (Å²) in [7, 11) is 1.58. The van der Waals surface area contributed by atoms with Crippen LogP contribution in [0.25, 0.3) is 5.69 Å². The van der Waals surface area contributed by atoms with Gasteiger partial charge >= 0.3 is 0 Å². The van der Waals surface area contributed by atoms with Crippen molar-refractivity contribution < 1.29 is 18.7 Å². The Hall–Kier alpha value is -2.28. The Morgan fingerprint density at radius 1 is 1.36 bits per heavy atom. The maximum atomic E-state index is 13.7. The molecule has 7 heteroatoms. The highest BCUT2D eigenvalue weighted by atomic mass is 19.1. The summed E-state index contributed by atoms with van der Waals surface area (Å²) in [6.45, 7) is 1.99. The number of rotatable bonds is 5. The first-order valence-corrected chi connectivity index (χ1v) is 6.83. The zero-order chi connectivity index (χ0) is 16.3. The van der Waals surface area contributed by atoms with Crippen molar-refractivity contribution in [3.8, 4) is 5.69 Å². The number of para-hydroxylation sites is 1. The SMILES string of the molecule is CC(O)CCN(C)C(=O)c1ccn(-c2c(F)cccc2F)n1. The second-order valence-corrected chi connectivity index (χ2v) is 5.08. The molecule has 0 saturated heterocycles. The molecule has 0 bridgehead atoms. The number of benzene rings is 1. The van der Waals surface area contributed by atoms with E-state index < -0.39 is 17.7 Å². The lowest BCUT2D eigenvalue weighted by Crippen LogP contribution is -2.29. The first-order chi connectivity index (χ1) is 10.4. The highest BCUT2D eigenvalue weighted by Gasteiger charge is 2.18. The van der Waals surface area contributed by atoms with Crippen LogP contribution >= 0.6 is 0 Å². The average molecular weight is 309 g/mol. The van der Waals surface area contributed by atoms with Gasteiger partial charge in [0.1, 0.15) is 5.69 Å². The number of nitrogens with zero attached hydrogens (tertiary/aromatic N) is 3. The highest BCUT2D eigenvalue weighted by molar-refractivity contribution is 5.92. The Balaban J connectivity index is 2.19. The quantitative estimate of drug-likeness (QED) is 0.919. The fraction of sp³-hybridized carbons (Fsp3) is 0.333. The molecule has 1 heterocycles. The number of aliphatic hydroxyl groups is 1. The number of carbonyl (C=O) groups is 1. The third-order valence-corrected chi connectivity index (χ3v) is 3.20. The van der Waals surface area contributed by atoms with E-state index in [1.54, 1.807) is 14.0 Å². The Labute approximate surface area is 126 Å². The molecule has 0 radical (unpaired) electrons. The second-order valence-electron chi connectivity index (χ2n) is 5.08. The number of amides is 1. The fourth-order valence-electron chi connectivity index (χ4n) is 1.95. The molecule has 1 unspecified atom stereocenters. The Kier molecular flexibility index (Phi) is 4.87. The van der Waals surface area contributed by atoms with Crippen LogP contribution in [0.5, 0.6) is 0 Å². The van der Waals surface area contributed by atoms with E-state index in [-0.39, 0.29) is 17.3 Å². The molecular formula is C15H17F2N3O2. The molecule has 1 amide bonds. The van der Waals surface area contributed by atoms with Crippen LogP contribution in [0.15, 0.2) is 30.5 Å². The van der Waals surface area contributed by atoms with Crippen molar-refractivity contribution in [2.75, 3.05) is 13.6 Å². The van der Waals surface area contributed by atoms with Gasteiger partial charge in [0.2, 0.25) is 0 Å². The van der Waals surface area contributed by atoms with Gasteiger partial charge in [0.15, 0.2) is 17.3 Å². The molecule has 0 aliphatic carbocycles. The summed E-state index contributed by atoms with van der Waals surface area (Å²) < 4.78 is 28.4. The van der Waals surface area contributed by atoms with Crippen molar-refractivity contribution in [3.63, 3.8) is 0 Å². The maximum absolute atomic E-state index is 13.7. The molecule has 22 heavy (non-hydrogen) atoms. The van der Waals surface area contributed by atoms with Crippen LogP contribution in [0.2, 0.25) is 0 Å². The molecular weight excluding hydrogens is 292 g/mol. The number of hydrogen-bond donors (Lipinski definition) is 1. The molecule has 2 aromatic rings. The van der Waals surface area contributed by atoms with Crippen molar-refractivity contribution >= 4 is 5.91 Å². The number of aliphatic hydroxyl groups excluding tert-OH is 1. The minimum absolute atomic E-state index is 0.0794. The van der Waals surface area contributed by atoms with Gasteiger partial charge in [0, 0.05) is 19.8 Å². The summed E-state index contributed by atoms with van der Waals surface area (Å²) in [6.07, 6.45) is 1.25. The first-order valence-electron chi connectivity index (χ1n) is 6.83.